The SMILES string of the molecule is CN(C(=O)CC1CCCO1)C1CCN(CCc2ccncc2)CC1. The van der Waals surface area contributed by atoms with Gasteiger partial charge in [0.15, 0.2) is 0 Å². The zero-order chi connectivity index (χ0) is 16.8. The highest BCUT2D eigenvalue weighted by atomic mass is 16.5. The van der Waals surface area contributed by atoms with Crippen molar-refractivity contribution < 1.29 is 9.53 Å². The Morgan fingerprint density at radius 1 is 1.29 bits per heavy atom. The summed E-state index contributed by atoms with van der Waals surface area (Å²) in [5.74, 6) is 0.247. The number of aromatic nitrogens is 1. The second kappa shape index (κ2) is 8.58. The van der Waals surface area contributed by atoms with Crippen LogP contribution >= 0.6 is 0 Å². The first-order chi connectivity index (χ1) is 11.7. The van der Waals surface area contributed by atoms with E-state index in [4.69, 9.17) is 4.74 Å². The van der Waals surface area contributed by atoms with E-state index >= 15 is 0 Å². The lowest BCUT2D eigenvalue weighted by molar-refractivity contribution is -0.135. The lowest BCUT2D eigenvalue weighted by atomic mass is 10.0. The van der Waals surface area contributed by atoms with Crippen LogP contribution in [-0.2, 0) is 16.0 Å². The molecule has 0 saturated carbocycles. The summed E-state index contributed by atoms with van der Waals surface area (Å²) in [5, 5.41) is 0. The van der Waals surface area contributed by atoms with Crippen LogP contribution in [0.15, 0.2) is 24.5 Å². The Bertz CT molecular complexity index is 509. The van der Waals surface area contributed by atoms with Crippen molar-refractivity contribution in [2.75, 3.05) is 33.3 Å². The predicted octanol–water partition coefficient (Wildman–Crippen LogP) is 2.12. The molecule has 0 aliphatic carbocycles. The lowest BCUT2D eigenvalue weighted by Gasteiger charge is -2.37. The number of carbonyl (C=O) groups excluding carboxylic acids is 1. The van der Waals surface area contributed by atoms with Crippen LogP contribution < -0.4 is 0 Å². The molecule has 2 fully saturated rings. The summed E-state index contributed by atoms with van der Waals surface area (Å²) in [5.41, 5.74) is 1.34. The molecule has 24 heavy (non-hydrogen) atoms. The molecule has 2 aliphatic rings. The molecule has 1 aromatic heterocycles. The zero-order valence-corrected chi connectivity index (χ0v) is 14.7. The maximum Gasteiger partial charge on any atom is 0.225 e. The monoisotopic (exact) mass is 331 g/mol. The van der Waals surface area contributed by atoms with E-state index < -0.39 is 0 Å². The summed E-state index contributed by atoms with van der Waals surface area (Å²) < 4.78 is 5.59. The molecule has 0 bridgehead atoms. The van der Waals surface area contributed by atoms with Gasteiger partial charge in [-0.1, -0.05) is 0 Å². The fraction of sp³-hybridized carbons (Fsp3) is 0.684. The normalized spacial score (nSPS) is 22.6. The third-order valence-corrected chi connectivity index (χ3v) is 5.39. The van der Waals surface area contributed by atoms with Crippen LogP contribution in [0.4, 0.5) is 0 Å². The third-order valence-electron chi connectivity index (χ3n) is 5.39. The van der Waals surface area contributed by atoms with Crippen LogP contribution in [0, 0.1) is 0 Å². The number of amides is 1. The fourth-order valence-electron chi connectivity index (χ4n) is 3.71. The van der Waals surface area contributed by atoms with Gasteiger partial charge in [-0.2, -0.15) is 0 Å². The number of hydrogen-bond acceptors (Lipinski definition) is 4. The van der Waals surface area contributed by atoms with Gasteiger partial charge in [0, 0.05) is 51.7 Å². The van der Waals surface area contributed by atoms with Gasteiger partial charge in [0.25, 0.3) is 0 Å². The predicted molar refractivity (Wildman–Crippen MR) is 93.8 cm³/mol. The Kier molecular flexibility index (Phi) is 6.21. The largest absolute Gasteiger partial charge is 0.378 e. The maximum absolute atomic E-state index is 12.4. The summed E-state index contributed by atoms with van der Waals surface area (Å²) in [4.78, 5) is 21.0. The molecule has 0 radical (unpaired) electrons. The maximum atomic E-state index is 12.4. The van der Waals surface area contributed by atoms with Crippen LogP contribution in [0.25, 0.3) is 0 Å². The van der Waals surface area contributed by atoms with Crippen molar-refractivity contribution in [1.29, 1.82) is 0 Å². The number of rotatable bonds is 6. The second-order valence-corrected chi connectivity index (χ2v) is 7.02. The van der Waals surface area contributed by atoms with Gasteiger partial charge in [-0.15, -0.1) is 0 Å². The molecule has 132 valence electrons. The number of likely N-dealkylation sites (tertiary alicyclic amines) is 1. The first-order valence-corrected chi connectivity index (χ1v) is 9.21. The Morgan fingerprint density at radius 3 is 2.71 bits per heavy atom. The minimum Gasteiger partial charge on any atom is -0.378 e. The number of nitrogens with zero attached hydrogens (tertiary/aromatic N) is 3. The first-order valence-electron chi connectivity index (χ1n) is 9.21. The number of hydrogen-bond donors (Lipinski definition) is 0. The van der Waals surface area contributed by atoms with Gasteiger partial charge >= 0.3 is 0 Å². The van der Waals surface area contributed by atoms with Crippen molar-refractivity contribution in [3.63, 3.8) is 0 Å². The smallest absolute Gasteiger partial charge is 0.225 e. The van der Waals surface area contributed by atoms with Crippen molar-refractivity contribution >= 4 is 5.91 Å². The number of pyridine rings is 1. The Labute approximate surface area is 145 Å². The van der Waals surface area contributed by atoms with Gasteiger partial charge < -0.3 is 14.5 Å². The number of piperidine rings is 1. The average Bonchev–Trinajstić information content (AvgIpc) is 3.13. The van der Waals surface area contributed by atoms with Crippen molar-refractivity contribution in [3.05, 3.63) is 30.1 Å². The second-order valence-electron chi connectivity index (χ2n) is 7.02. The Morgan fingerprint density at radius 2 is 2.04 bits per heavy atom. The average molecular weight is 331 g/mol. The summed E-state index contributed by atoms with van der Waals surface area (Å²) >= 11 is 0. The molecular formula is C19H29N3O2. The third kappa shape index (κ3) is 4.77. The molecule has 0 aromatic carbocycles. The molecule has 2 saturated heterocycles. The van der Waals surface area contributed by atoms with Gasteiger partial charge in [-0.3, -0.25) is 9.78 Å². The van der Waals surface area contributed by atoms with Gasteiger partial charge in [-0.25, -0.2) is 0 Å². The first kappa shape index (κ1) is 17.4. The molecule has 0 spiro atoms. The molecule has 1 unspecified atom stereocenters. The standard InChI is InChI=1S/C19H29N3O2/c1-21(19(23)15-18-3-2-14-24-18)17-7-12-22(13-8-17)11-6-16-4-9-20-10-5-16/h4-5,9-10,17-18H,2-3,6-8,11-15H2,1H3. The van der Waals surface area contributed by atoms with Crippen molar-refractivity contribution in [2.24, 2.45) is 0 Å². The lowest BCUT2D eigenvalue weighted by Crippen LogP contribution is -2.46. The summed E-state index contributed by atoms with van der Waals surface area (Å²) in [6.07, 6.45) is 9.77. The molecule has 3 heterocycles. The van der Waals surface area contributed by atoms with E-state index in [2.05, 4.69) is 22.0 Å². The minimum absolute atomic E-state index is 0.153. The van der Waals surface area contributed by atoms with Gasteiger partial charge in [0.05, 0.1) is 12.5 Å². The molecular weight excluding hydrogens is 302 g/mol. The molecule has 1 aromatic rings. The Balaban J connectivity index is 1.38. The molecule has 1 atom stereocenters. The number of ether oxygens (including phenoxy) is 1. The molecule has 2 aliphatic heterocycles. The van der Waals surface area contributed by atoms with E-state index in [1.54, 1.807) is 0 Å². The van der Waals surface area contributed by atoms with Crippen LogP contribution in [0.1, 0.15) is 37.7 Å². The van der Waals surface area contributed by atoms with E-state index in [9.17, 15) is 4.79 Å². The highest BCUT2D eigenvalue weighted by Crippen LogP contribution is 2.20. The van der Waals surface area contributed by atoms with Crippen LogP contribution in [0.5, 0.6) is 0 Å². The summed E-state index contributed by atoms with van der Waals surface area (Å²) in [6.45, 7) is 4.06. The molecule has 0 N–H and O–H groups in total. The van der Waals surface area contributed by atoms with Gasteiger partial charge in [0.1, 0.15) is 0 Å². The highest BCUT2D eigenvalue weighted by molar-refractivity contribution is 5.76. The van der Waals surface area contributed by atoms with E-state index in [1.807, 2.05) is 24.3 Å². The summed E-state index contributed by atoms with van der Waals surface area (Å²) in [6, 6.07) is 4.56. The fourth-order valence-corrected chi connectivity index (χ4v) is 3.71. The zero-order valence-electron chi connectivity index (χ0n) is 14.7. The van der Waals surface area contributed by atoms with Gasteiger partial charge in [-0.05, 0) is 49.8 Å². The van der Waals surface area contributed by atoms with Crippen molar-refractivity contribution in [2.45, 2.75) is 50.7 Å². The van der Waals surface area contributed by atoms with E-state index in [1.165, 1.54) is 5.56 Å². The number of carbonyl (C=O) groups is 1. The molecule has 5 heteroatoms. The van der Waals surface area contributed by atoms with Crippen LogP contribution in [0.2, 0.25) is 0 Å². The van der Waals surface area contributed by atoms with Crippen molar-refractivity contribution in [1.82, 2.24) is 14.8 Å². The molecule has 3 rings (SSSR count). The topological polar surface area (TPSA) is 45.7 Å². The molecule has 5 nitrogen and oxygen atoms in total. The van der Waals surface area contributed by atoms with Crippen LogP contribution in [0.3, 0.4) is 0 Å². The van der Waals surface area contributed by atoms with E-state index in [-0.39, 0.29) is 12.0 Å². The molecule has 1 amide bonds. The minimum atomic E-state index is 0.153. The Hall–Kier alpha value is -1.46. The van der Waals surface area contributed by atoms with E-state index in [0.29, 0.717) is 12.5 Å². The van der Waals surface area contributed by atoms with Gasteiger partial charge in [0.2, 0.25) is 5.91 Å². The summed E-state index contributed by atoms with van der Waals surface area (Å²) in [7, 11) is 1.97. The van der Waals surface area contributed by atoms with Crippen molar-refractivity contribution in [3.8, 4) is 0 Å². The van der Waals surface area contributed by atoms with E-state index in [0.717, 1.165) is 58.3 Å². The van der Waals surface area contributed by atoms with Crippen LogP contribution in [-0.4, -0.2) is 66.1 Å². The highest BCUT2D eigenvalue weighted by Gasteiger charge is 2.27. The quantitative estimate of drug-likeness (QED) is 0.801.